The van der Waals surface area contributed by atoms with E-state index in [0.717, 1.165) is 6.42 Å². The summed E-state index contributed by atoms with van der Waals surface area (Å²) in [5.41, 5.74) is 5.84. The average Bonchev–Trinajstić information content (AvgIpc) is 2.79. The van der Waals surface area contributed by atoms with Gasteiger partial charge in [-0.2, -0.15) is 0 Å². The van der Waals surface area contributed by atoms with Crippen LogP contribution in [0, 0.1) is 11.2 Å². The van der Waals surface area contributed by atoms with Gasteiger partial charge in [0.2, 0.25) is 5.91 Å². The molecule has 1 aromatic carbocycles. The van der Waals surface area contributed by atoms with Crippen LogP contribution in [0.1, 0.15) is 25.3 Å². The third-order valence-electron chi connectivity index (χ3n) is 4.06. The van der Waals surface area contributed by atoms with Gasteiger partial charge < -0.3 is 20.3 Å². The number of halogens is 1. The van der Waals surface area contributed by atoms with Gasteiger partial charge in [0, 0.05) is 38.7 Å². The Morgan fingerprint density at radius 3 is 2.72 bits per heavy atom. The molecule has 0 unspecified atom stereocenters. The molecule has 0 saturated carbocycles. The van der Waals surface area contributed by atoms with E-state index in [1.54, 1.807) is 23.1 Å². The molecule has 1 aliphatic rings. The molecule has 0 spiro atoms. The van der Waals surface area contributed by atoms with E-state index in [9.17, 15) is 14.0 Å². The highest BCUT2D eigenvalue weighted by Gasteiger charge is 2.20. The monoisotopic (exact) mass is 350 g/mol. The van der Waals surface area contributed by atoms with Gasteiger partial charge in [-0.05, 0) is 12.5 Å². The number of ether oxygens (including phenoxy) is 1. The number of nitrogens with zero attached hydrogens (tertiary/aromatic N) is 2. The quantitative estimate of drug-likeness (QED) is 0.473. The fourth-order valence-electron chi connectivity index (χ4n) is 2.76. The molecule has 1 aliphatic heterocycles. The summed E-state index contributed by atoms with van der Waals surface area (Å²) in [6.45, 7) is 3.73. The summed E-state index contributed by atoms with van der Waals surface area (Å²) >= 11 is 0. The molecule has 2 rings (SSSR count). The number of benzene rings is 1. The van der Waals surface area contributed by atoms with Crippen LogP contribution in [0.3, 0.4) is 0 Å². The van der Waals surface area contributed by atoms with Crippen molar-refractivity contribution < 1.29 is 18.7 Å². The van der Waals surface area contributed by atoms with Gasteiger partial charge in [0.05, 0.1) is 5.69 Å². The third kappa shape index (κ3) is 5.17. The van der Waals surface area contributed by atoms with E-state index in [0.29, 0.717) is 31.9 Å². The van der Waals surface area contributed by atoms with Gasteiger partial charge in [0.1, 0.15) is 18.9 Å². The van der Waals surface area contributed by atoms with E-state index in [1.165, 1.54) is 6.92 Å². The lowest BCUT2D eigenvalue weighted by molar-refractivity contribution is -0.143. The number of anilines is 1. The molecule has 1 fully saturated rings. The summed E-state index contributed by atoms with van der Waals surface area (Å²) < 4.78 is 19.7. The molecule has 8 heteroatoms. The largest absolute Gasteiger partial charge is 0.460 e. The Labute approximate surface area is 146 Å². The second kappa shape index (κ2) is 8.46. The van der Waals surface area contributed by atoms with Crippen LogP contribution in [0.4, 0.5) is 10.1 Å². The highest BCUT2D eigenvalue weighted by atomic mass is 19.1. The average molecular weight is 350 g/mol. The van der Waals surface area contributed by atoms with Crippen molar-refractivity contribution in [3.63, 3.8) is 0 Å². The first kappa shape index (κ1) is 18.7. The minimum Gasteiger partial charge on any atom is -0.460 e. The first-order valence-corrected chi connectivity index (χ1v) is 8.15. The maximum absolute atomic E-state index is 14.8. The second-order valence-corrected chi connectivity index (χ2v) is 5.96. The maximum atomic E-state index is 14.8. The summed E-state index contributed by atoms with van der Waals surface area (Å²) in [5, 5.41) is 7.05. The van der Waals surface area contributed by atoms with E-state index in [2.05, 4.69) is 0 Å². The molecule has 0 bridgehead atoms. The SMILES string of the molecule is CC(=O)N1CCCN(c2cccc(COC(=O)CC(=N)N)c2F)CC1. The number of amides is 1. The van der Waals surface area contributed by atoms with Crippen molar-refractivity contribution in [2.24, 2.45) is 5.73 Å². The molecule has 0 aromatic heterocycles. The van der Waals surface area contributed by atoms with Crippen LogP contribution in [0.5, 0.6) is 0 Å². The summed E-state index contributed by atoms with van der Waals surface area (Å²) in [6.07, 6.45) is 0.450. The van der Waals surface area contributed by atoms with E-state index in [4.69, 9.17) is 15.9 Å². The number of rotatable bonds is 5. The van der Waals surface area contributed by atoms with Crippen molar-refractivity contribution in [2.75, 3.05) is 31.1 Å². The van der Waals surface area contributed by atoms with Crippen molar-refractivity contribution in [1.29, 1.82) is 5.41 Å². The minimum absolute atomic E-state index is 0.0217. The van der Waals surface area contributed by atoms with Crippen LogP contribution in [0.2, 0.25) is 0 Å². The van der Waals surface area contributed by atoms with Crippen LogP contribution in [-0.4, -0.2) is 48.8 Å². The van der Waals surface area contributed by atoms with E-state index < -0.39 is 11.8 Å². The normalized spacial score (nSPS) is 14.8. The number of hydrogen-bond acceptors (Lipinski definition) is 5. The van der Waals surface area contributed by atoms with Crippen LogP contribution < -0.4 is 10.6 Å². The molecular weight excluding hydrogens is 327 g/mol. The Bertz CT molecular complexity index is 665. The molecule has 1 aromatic rings. The van der Waals surface area contributed by atoms with E-state index in [1.807, 2.05) is 4.90 Å². The lowest BCUT2D eigenvalue weighted by Crippen LogP contribution is -2.33. The molecule has 7 nitrogen and oxygen atoms in total. The molecule has 25 heavy (non-hydrogen) atoms. The van der Waals surface area contributed by atoms with Crippen LogP contribution in [0.15, 0.2) is 18.2 Å². The van der Waals surface area contributed by atoms with E-state index in [-0.39, 0.29) is 30.3 Å². The van der Waals surface area contributed by atoms with Crippen molar-refractivity contribution in [1.82, 2.24) is 4.90 Å². The predicted molar refractivity (Wildman–Crippen MR) is 91.8 cm³/mol. The molecule has 1 saturated heterocycles. The molecule has 3 N–H and O–H groups in total. The molecule has 1 heterocycles. The Morgan fingerprint density at radius 2 is 2.04 bits per heavy atom. The van der Waals surface area contributed by atoms with Crippen molar-refractivity contribution in [3.05, 3.63) is 29.6 Å². The molecular formula is C17H23FN4O3. The molecule has 0 aliphatic carbocycles. The summed E-state index contributed by atoms with van der Waals surface area (Å²) in [5.74, 6) is -1.37. The first-order chi connectivity index (χ1) is 11.9. The Balaban J connectivity index is 2.06. The van der Waals surface area contributed by atoms with Crippen LogP contribution >= 0.6 is 0 Å². The number of carbonyl (C=O) groups excluding carboxylic acids is 2. The fourth-order valence-corrected chi connectivity index (χ4v) is 2.76. The zero-order chi connectivity index (χ0) is 18.4. The number of hydrogen-bond donors (Lipinski definition) is 2. The maximum Gasteiger partial charge on any atom is 0.313 e. The van der Waals surface area contributed by atoms with Gasteiger partial charge in [-0.25, -0.2) is 4.39 Å². The topological polar surface area (TPSA) is 99.7 Å². The Hall–Kier alpha value is -2.64. The highest BCUT2D eigenvalue weighted by molar-refractivity contribution is 5.94. The Morgan fingerprint density at radius 1 is 1.28 bits per heavy atom. The van der Waals surface area contributed by atoms with Crippen LogP contribution in [-0.2, 0) is 20.9 Å². The van der Waals surface area contributed by atoms with Gasteiger partial charge in [-0.15, -0.1) is 0 Å². The van der Waals surface area contributed by atoms with Crippen LogP contribution in [0.25, 0.3) is 0 Å². The zero-order valence-electron chi connectivity index (χ0n) is 14.3. The number of nitrogens with one attached hydrogen (secondary N) is 1. The van der Waals surface area contributed by atoms with Gasteiger partial charge in [0.25, 0.3) is 0 Å². The van der Waals surface area contributed by atoms with Gasteiger partial charge in [-0.3, -0.25) is 15.0 Å². The molecule has 0 atom stereocenters. The standard InChI is InChI=1S/C17H23FN4O3/c1-12(23)21-6-3-7-22(9-8-21)14-5-2-4-13(17(14)18)11-25-16(24)10-15(19)20/h2,4-5H,3,6-11H2,1H3,(H3,19,20). The zero-order valence-corrected chi connectivity index (χ0v) is 14.3. The highest BCUT2D eigenvalue weighted by Crippen LogP contribution is 2.24. The first-order valence-electron chi connectivity index (χ1n) is 8.15. The van der Waals surface area contributed by atoms with Crippen molar-refractivity contribution in [3.8, 4) is 0 Å². The Kier molecular flexibility index (Phi) is 6.32. The number of nitrogens with two attached hydrogens (primary N) is 1. The third-order valence-corrected chi connectivity index (χ3v) is 4.06. The van der Waals surface area contributed by atoms with Gasteiger partial charge in [0.15, 0.2) is 5.82 Å². The van der Waals surface area contributed by atoms with Gasteiger partial charge in [-0.1, -0.05) is 12.1 Å². The smallest absolute Gasteiger partial charge is 0.313 e. The second-order valence-electron chi connectivity index (χ2n) is 5.96. The number of esters is 1. The van der Waals surface area contributed by atoms with E-state index >= 15 is 0 Å². The molecule has 1 amide bonds. The molecule has 0 radical (unpaired) electrons. The van der Waals surface area contributed by atoms with Crippen molar-refractivity contribution in [2.45, 2.75) is 26.4 Å². The number of amidine groups is 1. The summed E-state index contributed by atoms with van der Waals surface area (Å²) in [4.78, 5) is 26.6. The molecule has 136 valence electrons. The lowest BCUT2D eigenvalue weighted by atomic mass is 10.1. The fraction of sp³-hybridized carbons (Fsp3) is 0.471. The summed E-state index contributed by atoms with van der Waals surface area (Å²) in [7, 11) is 0. The van der Waals surface area contributed by atoms with Crippen molar-refractivity contribution >= 4 is 23.4 Å². The minimum atomic E-state index is -0.663. The van der Waals surface area contributed by atoms with Gasteiger partial charge >= 0.3 is 5.97 Å². The number of carbonyl (C=O) groups is 2. The predicted octanol–water partition coefficient (Wildman–Crippen LogP) is 1.25. The lowest BCUT2D eigenvalue weighted by Gasteiger charge is -2.24. The summed E-state index contributed by atoms with van der Waals surface area (Å²) in [6, 6.07) is 4.94.